The second-order valence-electron chi connectivity index (χ2n) is 7.81. The lowest BCUT2D eigenvalue weighted by Crippen LogP contribution is -2.40. The van der Waals surface area contributed by atoms with Gasteiger partial charge in [0.2, 0.25) is 0 Å². The van der Waals surface area contributed by atoms with Crippen LogP contribution in [-0.4, -0.2) is 57.9 Å². The number of aromatic amines is 1. The summed E-state index contributed by atoms with van der Waals surface area (Å²) in [5.41, 5.74) is 6.35. The third-order valence-electron chi connectivity index (χ3n) is 5.50. The van der Waals surface area contributed by atoms with E-state index in [-0.39, 0.29) is 23.7 Å². The zero-order valence-electron chi connectivity index (χ0n) is 17.8. The molecule has 1 saturated heterocycles. The molecule has 1 aliphatic heterocycles. The fourth-order valence-corrected chi connectivity index (χ4v) is 3.87. The number of hydrogen-bond donors (Lipinski definition) is 2. The third kappa shape index (κ3) is 5.48. The summed E-state index contributed by atoms with van der Waals surface area (Å²) in [6.07, 6.45) is 1.55. The van der Waals surface area contributed by atoms with E-state index in [1.54, 1.807) is 0 Å². The van der Waals surface area contributed by atoms with Crippen LogP contribution in [0.5, 0.6) is 0 Å². The zero-order valence-corrected chi connectivity index (χ0v) is 17.8. The van der Waals surface area contributed by atoms with Gasteiger partial charge in [0, 0.05) is 26.2 Å². The molecule has 0 unspecified atom stereocenters. The van der Waals surface area contributed by atoms with Crippen molar-refractivity contribution in [3.05, 3.63) is 61.8 Å². The number of nitrogens with two attached hydrogens (primary N) is 1. The first-order valence-electron chi connectivity index (χ1n) is 10.5. The van der Waals surface area contributed by atoms with Crippen LogP contribution in [0.1, 0.15) is 41.3 Å². The van der Waals surface area contributed by atoms with Gasteiger partial charge in [-0.25, -0.2) is 4.79 Å². The molecule has 0 aliphatic carbocycles. The van der Waals surface area contributed by atoms with Crippen LogP contribution in [0.4, 0.5) is 5.82 Å². The SMILES string of the molecule is CCCn1c(N)c(C(=O)CN2CCCN(Cc3ccc(C#N)cc3)CC2)c(=O)[nH]c1=O. The molecule has 3 N–H and O–H groups in total. The highest BCUT2D eigenvalue weighted by atomic mass is 16.2. The average Bonchev–Trinajstić information content (AvgIpc) is 2.96. The fraction of sp³-hybridized carbons (Fsp3) is 0.455. The molecule has 1 aromatic carbocycles. The lowest BCUT2D eigenvalue weighted by atomic mass is 10.1. The average molecular weight is 425 g/mol. The van der Waals surface area contributed by atoms with Crippen molar-refractivity contribution in [2.75, 3.05) is 38.5 Å². The van der Waals surface area contributed by atoms with Crippen molar-refractivity contribution in [1.82, 2.24) is 19.4 Å². The molecule has 164 valence electrons. The van der Waals surface area contributed by atoms with Crippen LogP contribution in [0, 0.1) is 11.3 Å². The number of anilines is 1. The Hall–Kier alpha value is -3.22. The van der Waals surface area contributed by atoms with Crippen molar-refractivity contribution in [1.29, 1.82) is 5.26 Å². The van der Waals surface area contributed by atoms with Crippen molar-refractivity contribution in [3.8, 4) is 6.07 Å². The molecule has 0 radical (unpaired) electrons. The van der Waals surface area contributed by atoms with Gasteiger partial charge in [-0.1, -0.05) is 19.1 Å². The van der Waals surface area contributed by atoms with Gasteiger partial charge in [0.15, 0.2) is 5.78 Å². The number of ketones is 1. The number of H-pyrrole nitrogens is 1. The molecular weight excluding hydrogens is 396 g/mol. The van der Waals surface area contributed by atoms with E-state index >= 15 is 0 Å². The first kappa shape index (κ1) is 22.5. The molecule has 2 aromatic rings. The molecule has 1 aromatic heterocycles. The van der Waals surface area contributed by atoms with E-state index in [0.717, 1.165) is 38.2 Å². The Morgan fingerprint density at radius 3 is 2.48 bits per heavy atom. The van der Waals surface area contributed by atoms with Crippen LogP contribution in [0.15, 0.2) is 33.9 Å². The van der Waals surface area contributed by atoms with Crippen LogP contribution >= 0.6 is 0 Å². The lowest BCUT2D eigenvalue weighted by Gasteiger charge is -2.21. The van der Waals surface area contributed by atoms with Crippen LogP contribution < -0.4 is 17.0 Å². The number of hydrogen-bond acceptors (Lipinski definition) is 7. The minimum absolute atomic E-state index is 0.0575. The second kappa shape index (κ2) is 10.2. The first-order valence-corrected chi connectivity index (χ1v) is 10.5. The van der Waals surface area contributed by atoms with Gasteiger partial charge in [0.1, 0.15) is 11.4 Å². The Bertz CT molecular complexity index is 1080. The molecule has 0 atom stereocenters. The Balaban J connectivity index is 1.64. The van der Waals surface area contributed by atoms with Crippen LogP contribution in [0.2, 0.25) is 0 Å². The van der Waals surface area contributed by atoms with Gasteiger partial charge in [-0.05, 0) is 43.6 Å². The topological polar surface area (TPSA) is 128 Å². The summed E-state index contributed by atoms with van der Waals surface area (Å²) in [7, 11) is 0. The number of benzene rings is 1. The molecular formula is C22H28N6O3. The number of carbonyl (C=O) groups excluding carboxylic acids is 1. The van der Waals surface area contributed by atoms with Crippen LogP contribution in [-0.2, 0) is 13.1 Å². The summed E-state index contributed by atoms with van der Waals surface area (Å²) in [6, 6.07) is 9.68. The predicted octanol–water partition coefficient (Wildman–Crippen LogP) is 0.791. The van der Waals surface area contributed by atoms with Gasteiger partial charge in [0.25, 0.3) is 5.56 Å². The van der Waals surface area contributed by atoms with E-state index in [4.69, 9.17) is 11.0 Å². The molecule has 0 amide bonds. The molecule has 9 nitrogen and oxygen atoms in total. The number of nitrogens with zero attached hydrogens (tertiary/aromatic N) is 4. The molecule has 0 bridgehead atoms. The summed E-state index contributed by atoms with van der Waals surface area (Å²) in [4.78, 5) is 43.6. The minimum Gasteiger partial charge on any atom is -0.384 e. The Kier molecular flexibility index (Phi) is 7.39. The van der Waals surface area contributed by atoms with Crippen molar-refractivity contribution >= 4 is 11.6 Å². The van der Waals surface area contributed by atoms with E-state index < -0.39 is 11.2 Å². The molecule has 2 heterocycles. The maximum atomic E-state index is 12.9. The van der Waals surface area contributed by atoms with E-state index in [1.807, 2.05) is 36.1 Å². The molecule has 0 saturated carbocycles. The summed E-state index contributed by atoms with van der Waals surface area (Å²) in [6.45, 7) is 6.21. The second-order valence-corrected chi connectivity index (χ2v) is 7.81. The van der Waals surface area contributed by atoms with Crippen LogP contribution in [0.3, 0.4) is 0 Å². The van der Waals surface area contributed by atoms with Crippen molar-refractivity contribution < 1.29 is 4.79 Å². The molecule has 31 heavy (non-hydrogen) atoms. The van der Waals surface area contributed by atoms with Crippen molar-refractivity contribution in [2.24, 2.45) is 0 Å². The van der Waals surface area contributed by atoms with Crippen LogP contribution in [0.25, 0.3) is 0 Å². The lowest BCUT2D eigenvalue weighted by molar-refractivity contribution is 0.0931. The fourth-order valence-electron chi connectivity index (χ4n) is 3.87. The number of nitrogens with one attached hydrogen (secondary N) is 1. The van der Waals surface area contributed by atoms with E-state index in [0.29, 0.717) is 25.1 Å². The number of rotatable bonds is 7. The Morgan fingerprint density at radius 2 is 1.81 bits per heavy atom. The van der Waals surface area contributed by atoms with Crippen molar-refractivity contribution in [3.63, 3.8) is 0 Å². The highest BCUT2D eigenvalue weighted by Crippen LogP contribution is 2.12. The smallest absolute Gasteiger partial charge is 0.329 e. The number of aromatic nitrogens is 2. The number of Topliss-reactive ketones (excluding diaryl/α,β-unsaturated/α-hetero) is 1. The van der Waals surface area contributed by atoms with Gasteiger partial charge >= 0.3 is 5.69 Å². The van der Waals surface area contributed by atoms with Crippen molar-refractivity contribution in [2.45, 2.75) is 32.9 Å². The van der Waals surface area contributed by atoms with Gasteiger partial charge in [-0.2, -0.15) is 5.26 Å². The van der Waals surface area contributed by atoms with Gasteiger partial charge in [-0.3, -0.25) is 28.9 Å². The number of carbonyl (C=O) groups is 1. The zero-order chi connectivity index (χ0) is 22.4. The highest BCUT2D eigenvalue weighted by Gasteiger charge is 2.23. The summed E-state index contributed by atoms with van der Waals surface area (Å²) < 4.78 is 1.25. The van der Waals surface area contributed by atoms with E-state index in [9.17, 15) is 14.4 Å². The predicted molar refractivity (Wildman–Crippen MR) is 118 cm³/mol. The summed E-state index contributed by atoms with van der Waals surface area (Å²) >= 11 is 0. The molecule has 3 rings (SSSR count). The number of nitriles is 1. The third-order valence-corrected chi connectivity index (χ3v) is 5.50. The van der Waals surface area contributed by atoms with Gasteiger partial charge < -0.3 is 5.73 Å². The Labute approximate surface area is 180 Å². The maximum Gasteiger partial charge on any atom is 0.329 e. The van der Waals surface area contributed by atoms with Gasteiger partial charge in [0.05, 0.1) is 18.2 Å². The standard InChI is InChI=1S/C22H28N6O3/c1-2-8-28-20(24)19(21(30)25-22(28)31)18(29)15-27-10-3-9-26(11-12-27)14-17-6-4-16(13-23)5-7-17/h4-7H,2-3,8-12,14-15,24H2,1H3,(H,25,30,31). The summed E-state index contributed by atoms with van der Waals surface area (Å²) in [5, 5.41) is 8.92. The normalized spacial score (nSPS) is 15.4. The van der Waals surface area contributed by atoms with Gasteiger partial charge in [-0.15, -0.1) is 0 Å². The highest BCUT2D eigenvalue weighted by molar-refractivity contribution is 6.01. The molecule has 9 heteroatoms. The maximum absolute atomic E-state index is 12.9. The molecule has 0 spiro atoms. The largest absolute Gasteiger partial charge is 0.384 e. The van der Waals surface area contributed by atoms with E-state index in [2.05, 4.69) is 16.0 Å². The summed E-state index contributed by atoms with van der Waals surface area (Å²) in [5.74, 6) is -0.429. The molecule has 1 fully saturated rings. The first-order chi connectivity index (χ1) is 14.9. The minimum atomic E-state index is -0.725. The number of nitrogen functional groups attached to an aromatic ring is 1. The quantitative estimate of drug-likeness (QED) is 0.629. The Morgan fingerprint density at radius 1 is 1.13 bits per heavy atom. The monoisotopic (exact) mass is 424 g/mol. The van der Waals surface area contributed by atoms with E-state index in [1.165, 1.54) is 4.57 Å². The molecule has 1 aliphatic rings.